The van der Waals surface area contributed by atoms with Crippen LogP contribution in [0.15, 0.2) is 83.9 Å². The highest BCUT2D eigenvalue weighted by Crippen LogP contribution is 2.62. The summed E-state index contributed by atoms with van der Waals surface area (Å²) in [5.74, 6) is 0. The van der Waals surface area contributed by atoms with E-state index in [4.69, 9.17) is 0 Å². The molecule has 0 atom stereocenters. The molecule has 0 unspecified atom stereocenters. The third-order valence-electron chi connectivity index (χ3n) is 9.86. The Morgan fingerprint density at radius 1 is 0.421 bits per heavy atom. The maximum absolute atomic E-state index is 10.2. The number of aromatic nitrogens is 4. The number of fused-ring (bicyclic) bond motifs is 9. The number of nitriles is 8. The van der Waals surface area contributed by atoms with E-state index in [9.17, 15) is 42.1 Å². The van der Waals surface area contributed by atoms with Gasteiger partial charge in [0.2, 0.25) is 0 Å². The summed E-state index contributed by atoms with van der Waals surface area (Å²) in [6.07, 6.45) is 0. The van der Waals surface area contributed by atoms with Crippen molar-refractivity contribution in [2.24, 2.45) is 0 Å². The average molecular weight is 741 g/mol. The number of thiophene rings is 1. The van der Waals surface area contributed by atoms with Gasteiger partial charge in [0.25, 0.3) is 0 Å². The molecule has 0 amide bonds. The molecule has 0 radical (unpaired) electrons. The van der Waals surface area contributed by atoms with Gasteiger partial charge in [-0.3, -0.25) is 0 Å². The monoisotopic (exact) mass is 740 g/mol. The van der Waals surface area contributed by atoms with Crippen LogP contribution in [0.3, 0.4) is 0 Å². The molecule has 3 heterocycles. The van der Waals surface area contributed by atoms with Gasteiger partial charge >= 0.3 is 0 Å². The molecule has 3 aromatic heterocycles. The summed E-state index contributed by atoms with van der Waals surface area (Å²) in [4.78, 5) is 18.9. The lowest BCUT2D eigenvalue weighted by Crippen LogP contribution is -1.97. The molecule has 0 saturated heterocycles. The molecule has 0 aliphatic heterocycles. The summed E-state index contributed by atoms with van der Waals surface area (Å²) < 4.78 is 0. The van der Waals surface area contributed by atoms with Gasteiger partial charge in [0.1, 0.15) is 59.7 Å². The molecule has 0 spiro atoms. The van der Waals surface area contributed by atoms with Crippen LogP contribution in [0, 0.1) is 90.6 Å². The summed E-state index contributed by atoms with van der Waals surface area (Å²) in [7, 11) is 0. The summed E-state index contributed by atoms with van der Waals surface area (Å²) in [6.45, 7) is 0. The van der Waals surface area contributed by atoms with Gasteiger partial charge < -0.3 is 0 Å². The van der Waals surface area contributed by atoms with E-state index in [-0.39, 0.29) is 33.9 Å². The smallest absolute Gasteiger partial charge is 0.177 e. The van der Waals surface area contributed by atoms with Crippen molar-refractivity contribution in [2.45, 2.75) is 0 Å². The maximum atomic E-state index is 10.2. The first-order valence-electron chi connectivity index (χ1n) is 16.7. The molecule has 9 rings (SSSR count). The first kappa shape index (κ1) is 33.5. The fraction of sp³-hybridized carbons (Fsp3) is 0. The summed E-state index contributed by atoms with van der Waals surface area (Å²) in [5, 5.41) is 79.3. The van der Waals surface area contributed by atoms with E-state index in [2.05, 4.69) is 44.2 Å². The topological polar surface area (TPSA) is 242 Å². The molecule has 7 aromatic rings. The Kier molecular flexibility index (Phi) is 7.44. The zero-order chi connectivity index (χ0) is 39.5. The van der Waals surface area contributed by atoms with Crippen LogP contribution in [0.4, 0.5) is 0 Å². The predicted octanol–water partition coefficient (Wildman–Crippen LogP) is 8.11. The molecule has 0 N–H and O–H groups in total. The van der Waals surface area contributed by atoms with Crippen molar-refractivity contribution in [1.29, 1.82) is 42.1 Å². The van der Waals surface area contributed by atoms with Crippen molar-refractivity contribution in [2.75, 3.05) is 0 Å². The van der Waals surface area contributed by atoms with Gasteiger partial charge in [0.05, 0.1) is 22.1 Å². The highest BCUT2D eigenvalue weighted by Gasteiger charge is 2.39. The van der Waals surface area contributed by atoms with Gasteiger partial charge in [0, 0.05) is 43.2 Å². The Labute approximate surface area is 326 Å². The molecule has 13 heteroatoms. The minimum atomic E-state index is -0.120. The molecule has 0 saturated carbocycles. The lowest BCUT2D eigenvalue weighted by atomic mass is 9.93. The Morgan fingerprint density at radius 2 is 0.807 bits per heavy atom. The molecule has 2 aliphatic carbocycles. The second-order valence-corrected chi connectivity index (χ2v) is 13.6. The number of hydrogen-bond acceptors (Lipinski definition) is 13. The van der Waals surface area contributed by atoms with E-state index in [0.29, 0.717) is 76.3 Å². The lowest BCUT2D eigenvalue weighted by molar-refractivity contribution is 1.20. The minimum absolute atomic E-state index is 0.0859. The SMILES string of the molecule is N#CC(C#N)=C1c2cc(-c3cccc4nc(C#N)c(C#N)nc34)ccc2-c2c1sc1c2-c2ccc(-c3cccc4nc(C#N)c(C#N)nc34)cc2C1=C(C#N)C#N. The van der Waals surface area contributed by atoms with Crippen LogP contribution in [0.1, 0.15) is 43.7 Å². The minimum Gasteiger partial charge on any atom is -0.232 e. The summed E-state index contributed by atoms with van der Waals surface area (Å²) in [6, 6.07) is 37.7. The molecule has 2 aliphatic rings. The van der Waals surface area contributed by atoms with Crippen LogP contribution in [0.2, 0.25) is 0 Å². The number of allylic oxidation sites excluding steroid dienone is 2. The van der Waals surface area contributed by atoms with Gasteiger partial charge in [0.15, 0.2) is 22.8 Å². The van der Waals surface area contributed by atoms with Crippen molar-refractivity contribution in [3.63, 3.8) is 0 Å². The number of hydrogen-bond donors (Lipinski definition) is 0. The van der Waals surface area contributed by atoms with E-state index in [1.807, 2.05) is 72.8 Å². The first-order valence-corrected chi connectivity index (χ1v) is 17.5. The Hall–Kier alpha value is -9.34. The molecule has 0 bridgehead atoms. The average Bonchev–Trinajstić information content (AvgIpc) is 3.88. The van der Waals surface area contributed by atoms with Gasteiger partial charge in [-0.05, 0) is 57.6 Å². The molecule has 12 nitrogen and oxygen atoms in total. The number of nitrogens with zero attached hydrogens (tertiary/aromatic N) is 12. The van der Waals surface area contributed by atoms with E-state index in [1.54, 1.807) is 24.3 Å². The van der Waals surface area contributed by atoms with Crippen LogP contribution >= 0.6 is 11.3 Å². The number of rotatable bonds is 2. The molecule has 4 aromatic carbocycles. The quantitative estimate of drug-likeness (QED) is 0.153. The van der Waals surface area contributed by atoms with Crippen molar-refractivity contribution < 1.29 is 0 Å². The zero-order valence-electron chi connectivity index (χ0n) is 28.7. The van der Waals surface area contributed by atoms with E-state index in [0.717, 1.165) is 22.3 Å². The Bertz CT molecular complexity index is 3250. The van der Waals surface area contributed by atoms with Crippen LogP contribution < -0.4 is 0 Å². The van der Waals surface area contributed by atoms with Gasteiger partial charge in [-0.2, -0.15) is 42.1 Å². The van der Waals surface area contributed by atoms with E-state index >= 15 is 0 Å². The third kappa shape index (κ3) is 4.70. The fourth-order valence-corrected chi connectivity index (χ4v) is 8.98. The second kappa shape index (κ2) is 12.7. The molecule has 0 fully saturated rings. The van der Waals surface area contributed by atoms with Crippen LogP contribution in [-0.2, 0) is 0 Å². The fourth-order valence-electron chi connectivity index (χ4n) is 7.52. The number of benzene rings is 4. The predicted molar refractivity (Wildman–Crippen MR) is 206 cm³/mol. The van der Waals surface area contributed by atoms with E-state index in [1.165, 1.54) is 11.3 Å². The number of para-hydroxylation sites is 2. The van der Waals surface area contributed by atoms with Crippen LogP contribution in [0.5, 0.6) is 0 Å². The van der Waals surface area contributed by atoms with Crippen molar-refractivity contribution in [3.05, 3.63) is 128 Å². The Morgan fingerprint density at radius 3 is 1.18 bits per heavy atom. The maximum Gasteiger partial charge on any atom is 0.177 e. The highest BCUT2D eigenvalue weighted by atomic mass is 32.1. The van der Waals surface area contributed by atoms with Gasteiger partial charge in [-0.1, -0.05) is 48.5 Å². The lowest BCUT2D eigenvalue weighted by Gasteiger charge is -2.11. The molecular weight excluding hydrogens is 729 g/mol. The Balaban J connectivity index is 1.29. The van der Waals surface area contributed by atoms with Crippen molar-refractivity contribution in [1.82, 2.24) is 19.9 Å². The molecule has 254 valence electrons. The second-order valence-electron chi connectivity index (χ2n) is 12.6. The first-order chi connectivity index (χ1) is 27.9. The van der Waals surface area contributed by atoms with Crippen LogP contribution in [0.25, 0.3) is 77.7 Å². The largest absolute Gasteiger partial charge is 0.232 e. The molecular formula is C44H12N12S. The van der Waals surface area contributed by atoms with Crippen LogP contribution in [-0.4, -0.2) is 19.9 Å². The standard InChI is InChI=1S/C44H12N12S/c45-13-23(14-46)37-29-11-21(25-3-1-5-31-41(25)55-35(19-51)33(17-49)53-31)7-9-27(29)39-40-28-10-8-22(12-30(28)38(24(15-47)16-48)44(40)57-43(37)39)26-4-2-6-32-42(26)56-36(20-52)34(18-50)54-32/h1-12H. The highest BCUT2D eigenvalue weighted by molar-refractivity contribution is 7.16. The molecule has 57 heavy (non-hydrogen) atoms. The van der Waals surface area contributed by atoms with Gasteiger partial charge in [-0.15, -0.1) is 11.3 Å². The summed E-state index contributed by atoms with van der Waals surface area (Å²) >= 11 is 1.29. The zero-order valence-corrected chi connectivity index (χ0v) is 29.5. The normalized spacial score (nSPS) is 11.3. The van der Waals surface area contributed by atoms with Gasteiger partial charge in [-0.25, -0.2) is 19.9 Å². The summed E-state index contributed by atoms with van der Waals surface area (Å²) in [5.41, 5.74) is 8.60. The third-order valence-corrected chi connectivity index (χ3v) is 11.1. The van der Waals surface area contributed by atoms with Crippen molar-refractivity contribution >= 4 is 44.5 Å². The van der Waals surface area contributed by atoms with E-state index < -0.39 is 0 Å². The van der Waals surface area contributed by atoms with Crippen molar-refractivity contribution in [3.8, 4) is 93.1 Å².